The van der Waals surface area contributed by atoms with E-state index in [1.54, 1.807) is 4.90 Å². The highest BCUT2D eigenvalue weighted by Gasteiger charge is 2.50. The zero-order valence-electron chi connectivity index (χ0n) is 5.12. The van der Waals surface area contributed by atoms with Crippen LogP contribution in [0.2, 0.25) is 0 Å². The smallest absolute Gasteiger partial charge is 0.0963 e. The Morgan fingerprint density at radius 1 is 1.22 bits per heavy atom. The molecule has 0 bridgehead atoms. The zero-order chi connectivity index (χ0) is 6.91. The Balaban J connectivity index is 2.37. The van der Waals surface area contributed by atoms with E-state index < -0.39 is 5.54 Å². The van der Waals surface area contributed by atoms with Crippen LogP contribution in [0.5, 0.6) is 0 Å². The summed E-state index contributed by atoms with van der Waals surface area (Å²) in [6.07, 6.45) is 0. The van der Waals surface area contributed by atoms with Crippen LogP contribution in [0.15, 0.2) is 0 Å². The first-order chi connectivity index (χ1) is 4.29. The summed E-state index contributed by atoms with van der Waals surface area (Å²) < 4.78 is 0. The maximum atomic E-state index is 8.65. The van der Waals surface area contributed by atoms with Gasteiger partial charge in [-0.25, -0.2) is 0 Å². The van der Waals surface area contributed by atoms with Crippen LogP contribution >= 0.6 is 0 Å². The molecule has 1 aliphatic heterocycles. The fraction of sp³-hybridized carbons (Fsp3) is 1.00. The highest BCUT2D eigenvalue weighted by atomic mass is 16.3. The Kier molecular flexibility index (Phi) is 1.72. The minimum Gasteiger partial charge on any atom is -0.394 e. The van der Waals surface area contributed by atoms with Gasteiger partial charge in [-0.15, -0.1) is 0 Å². The Morgan fingerprint density at radius 2 is 1.78 bits per heavy atom. The molecule has 1 heterocycles. The molecule has 0 aliphatic carbocycles. The molecule has 0 aromatic heterocycles. The highest BCUT2D eigenvalue weighted by Crippen LogP contribution is 2.29. The largest absolute Gasteiger partial charge is 0.394 e. The summed E-state index contributed by atoms with van der Waals surface area (Å²) >= 11 is 0. The van der Waals surface area contributed by atoms with Crippen LogP contribution in [-0.2, 0) is 0 Å². The summed E-state index contributed by atoms with van der Waals surface area (Å²) in [4.78, 5) is 1.60. The maximum absolute atomic E-state index is 8.65. The van der Waals surface area contributed by atoms with Gasteiger partial charge in [-0.2, -0.15) is 0 Å². The van der Waals surface area contributed by atoms with Crippen molar-refractivity contribution in [2.24, 2.45) is 0 Å². The van der Waals surface area contributed by atoms with Crippen molar-refractivity contribution in [1.82, 2.24) is 4.90 Å². The molecule has 3 N–H and O–H groups in total. The molecule has 1 saturated heterocycles. The SMILES string of the molecule is OCN1CC1(CO)CO. The molecule has 4 nitrogen and oxygen atoms in total. The molecule has 1 rings (SSSR count). The third kappa shape index (κ3) is 0.943. The molecule has 0 saturated carbocycles. The Hall–Kier alpha value is -0.160. The summed E-state index contributed by atoms with van der Waals surface area (Å²) in [7, 11) is 0. The second-order valence-corrected chi connectivity index (χ2v) is 2.38. The molecule has 1 atom stereocenters. The zero-order valence-corrected chi connectivity index (χ0v) is 5.12. The monoisotopic (exact) mass is 133 g/mol. The van der Waals surface area contributed by atoms with Crippen LogP contribution in [0.1, 0.15) is 0 Å². The van der Waals surface area contributed by atoms with Gasteiger partial charge in [0.2, 0.25) is 0 Å². The predicted octanol–water partition coefficient (Wildman–Crippen LogP) is -2.02. The number of nitrogens with zero attached hydrogens (tertiary/aromatic N) is 1. The molecule has 1 unspecified atom stereocenters. The van der Waals surface area contributed by atoms with E-state index in [0.717, 1.165) is 0 Å². The van der Waals surface area contributed by atoms with Crippen molar-refractivity contribution in [3.05, 3.63) is 0 Å². The third-order valence-electron chi connectivity index (χ3n) is 1.81. The maximum Gasteiger partial charge on any atom is 0.0963 e. The number of hydrogen-bond acceptors (Lipinski definition) is 4. The van der Waals surface area contributed by atoms with Crippen LogP contribution in [0, 0.1) is 0 Å². The minimum atomic E-state index is -0.505. The van der Waals surface area contributed by atoms with Gasteiger partial charge < -0.3 is 15.3 Å². The summed E-state index contributed by atoms with van der Waals surface area (Å²) in [5, 5.41) is 25.8. The summed E-state index contributed by atoms with van der Waals surface area (Å²) in [6.45, 7) is 0.353. The molecule has 1 aliphatic rings. The lowest BCUT2D eigenvalue weighted by Gasteiger charge is -2.08. The Labute approximate surface area is 53.3 Å². The normalized spacial score (nSPS) is 30.3. The molecular weight excluding hydrogens is 122 g/mol. The van der Waals surface area contributed by atoms with Crippen molar-refractivity contribution in [3.8, 4) is 0 Å². The summed E-state index contributed by atoms with van der Waals surface area (Å²) in [5.41, 5.74) is -0.505. The van der Waals surface area contributed by atoms with Gasteiger partial charge in [0, 0.05) is 6.54 Å². The van der Waals surface area contributed by atoms with Crippen LogP contribution in [0.4, 0.5) is 0 Å². The van der Waals surface area contributed by atoms with Gasteiger partial charge in [0.1, 0.15) is 0 Å². The average Bonchev–Trinajstić information content (AvgIpc) is 2.63. The highest BCUT2D eigenvalue weighted by molar-refractivity contribution is 5.05. The molecule has 0 amide bonds. The van der Waals surface area contributed by atoms with Gasteiger partial charge >= 0.3 is 0 Å². The molecule has 9 heavy (non-hydrogen) atoms. The van der Waals surface area contributed by atoms with Gasteiger partial charge in [0.15, 0.2) is 0 Å². The van der Waals surface area contributed by atoms with Crippen LogP contribution in [0.3, 0.4) is 0 Å². The third-order valence-corrected chi connectivity index (χ3v) is 1.81. The van der Waals surface area contributed by atoms with Crippen LogP contribution < -0.4 is 0 Å². The van der Waals surface area contributed by atoms with E-state index in [0.29, 0.717) is 6.54 Å². The van der Waals surface area contributed by atoms with E-state index in [1.165, 1.54) is 0 Å². The fourth-order valence-corrected chi connectivity index (χ4v) is 0.870. The molecule has 0 aromatic carbocycles. The van der Waals surface area contributed by atoms with E-state index in [2.05, 4.69) is 0 Å². The van der Waals surface area contributed by atoms with Gasteiger partial charge in [0.25, 0.3) is 0 Å². The van der Waals surface area contributed by atoms with Crippen molar-refractivity contribution in [3.63, 3.8) is 0 Å². The lowest BCUT2D eigenvalue weighted by Crippen LogP contribution is -2.28. The fourth-order valence-electron chi connectivity index (χ4n) is 0.870. The quantitative estimate of drug-likeness (QED) is 0.389. The van der Waals surface area contributed by atoms with Gasteiger partial charge in [-0.1, -0.05) is 0 Å². The van der Waals surface area contributed by atoms with Crippen molar-refractivity contribution in [2.45, 2.75) is 5.54 Å². The number of aliphatic hydroxyl groups excluding tert-OH is 3. The van der Waals surface area contributed by atoms with E-state index >= 15 is 0 Å². The lowest BCUT2D eigenvalue weighted by molar-refractivity contribution is 0.101. The first-order valence-corrected chi connectivity index (χ1v) is 2.87. The van der Waals surface area contributed by atoms with Crippen LogP contribution in [0.25, 0.3) is 0 Å². The second-order valence-electron chi connectivity index (χ2n) is 2.38. The Bertz CT molecular complexity index is 102. The molecule has 1 fully saturated rings. The van der Waals surface area contributed by atoms with E-state index in [-0.39, 0.29) is 19.9 Å². The Morgan fingerprint density at radius 3 is 1.89 bits per heavy atom. The van der Waals surface area contributed by atoms with Crippen molar-refractivity contribution >= 4 is 0 Å². The average molecular weight is 133 g/mol. The van der Waals surface area contributed by atoms with Crippen molar-refractivity contribution < 1.29 is 15.3 Å². The lowest BCUT2D eigenvalue weighted by atomic mass is 10.2. The molecular formula is C5H11NO3. The van der Waals surface area contributed by atoms with Gasteiger partial charge in [-0.3, -0.25) is 4.90 Å². The van der Waals surface area contributed by atoms with Crippen molar-refractivity contribution in [2.75, 3.05) is 26.5 Å². The molecule has 0 radical (unpaired) electrons. The van der Waals surface area contributed by atoms with Crippen LogP contribution in [-0.4, -0.2) is 52.2 Å². The van der Waals surface area contributed by atoms with Gasteiger partial charge in [0.05, 0.1) is 25.5 Å². The minimum absolute atomic E-state index is 0.0793. The standard InChI is InChI=1S/C5H11NO3/c7-2-5(3-8)1-6(5)4-9/h7-9H,1-4H2. The number of rotatable bonds is 3. The van der Waals surface area contributed by atoms with Crippen molar-refractivity contribution in [1.29, 1.82) is 0 Å². The summed E-state index contributed by atoms with van der Waals surface area (Å²) in [5.74, 6) is 0. The molecule has 0 aromatic rings. The second kappa shape index (κ2) is 2.22. The summed E-state index contributed by atoms with van der Waals surface area (Å²) in [6, 6.07) is 0. The topological polar surface area (TPSA) is 63.7 Å². The molecule has 0 spiro atoms. The molecule has 54 valence electrons. The predicted molar refractivity (Wildman–Crippen MR) is 30.7 cm³/mol. The van der Waals surface area contributed by atoms with E-state index in [9.17, 15) is 0 Å². The first-order valence-electron chi connectivity index (χ1n) is 2.87. The van der Waals surface area contributed by atoms with Gasteiger partial charge in [-0.05, 0) is 0 Å². The van der Waals surface area contributed by atoms with E-state index in [1.807, 2.05) is 0 Å². The molecule has 4 heteroatoms. The number of hydrogen-bond donors (Lipinski definition) is 3. The van der Waals surface area contributed by atoms with E-state index in [4.69, 9.17) is 15.3 Å². The number of aliphatic hydroxyl groups is 3. The first kappa shape index (κ1) is 6.95.